The number of nitrogens with zero attached hydrogens (tertiary/aromatic N) is 4. The van der Waals surface area contributed by atoms with Crippen molar-refractivity contribution in [3.05, 3.63) is 58.8 Å². The molecule has 2 aromatic heterocycles. The number of carbonyl (C=O) groups is 4. The summed E-state index contributed by atoms with van der Waals surface area (Å²) in [5, 5.41) is 9.25. The van der Waals surface area contributed by atoms with Gasteiger partial charge < -0.3 is 20.3 Å². The Hall–Kier alpha value is -4.35. The molecule has 11 nitrogen and oxygen atoms in total. The summed E-state index contributed by atoms with van der Waals surface area (Å²) in [6.07, 6.45) is 1.60. The van der Waals surface area contributed by atoms with Gasteiger partial charge in [-0.25, -0.2) is 13.9 Å². The smallest absolute Gasteiger partial charge is 0.270 e. The molecule has 0 radical (unpaired) electrons. The van der Waals surface area contributed by atoms with Crippen LogP contribution in [0.1, 0.15) is 52.4 Å². The van der Waals surface area contributed by atoms with Crippen molar-refractivity contribution in [3.63, 3.8) is 0 Å². The van der Waals surface area contributed by atoms with Gasteiger partial charge in [0, 0.05) is 37.2 Å². The van der Waals surface area contributed by atoms with Crippen LogP contribution in [0.3, 0.4) is 0 Å². The van der Waals surface area contributed by atoms with Gasteiger partial charge in [0.05, 0.1) is 6.20 Å². The van der Waals surface area contributed by atoms with Crippen molar-refractivity contribution >= 4 is 29.2 Å². The standard InChI is InChI=1S/C25H25FN6O5/c1-13(2)31-6-5-18(25(31)36)30-24(35)20-9-19(29-22-17(26)11-28-32(20)22)23(34)27-10-14-3-4-21-15(7-14)8-16(33)12-37-21/h3-4,7,9,11,13,18H,5-6,8,10,12H2,1-2H3,(H,27,34)(H,30,35)/t18-/m0/s1. The topological polar surface area (TPSA) is 135 Å². The van der Waals surface area contributed by atoms with E-state index < -0.39 is 23.7 Å². The van der Waals surface area contributed by atoms with Gasteiger partial charge in [0.25, 0.3) is 11.8 Å². The fourth-order valence-corrected chi connectivity index (χ4v) is 4.51. The number of benzene rings is 1. The number of amides is 3. The molecule has 37 heavy (non-hydrogen) atoms. The molecule has 3 amide bonds. The van der Waals surface area contributed by atoms with Crippen molar-refractivity contribution in [1.82, 2.24) is 30.1 Å². The van der Waals surface area contributed by atoms with E-state index in [4.69, 9.17) is 4.74 Å². The number of carbonyl (C=O) groups excluding carboxylic acids is 4. The number of hydrogen-bond acceptors (Lipinski definition) is 7. The van der Waals surface area contributed by atoms with E-state index in [9.17, 15) is 23.6 Å². The molecule has 1 atom stereocenters. The lowest BCUT2D eigenvalue weighted by Gasteiger charge is -2.21. The fraction of sp³-hybridized carbons (Fsp3) is 0.360. The molecular formula is C25H25FN6O5. The molecule has 1 fully saturated rings. The number of fused-ring (bicyclic) bond motifs is 2. The van der Waals surface area contributed by atoms with Crippen LogP contribution in [0, 0.1) is 5.82 Å². The quantitative estimate of drug-likeness (QED) is 0.508. The van der Waals surface area contributed by atoms with Gasteiger partial charge in [0.15, 0.2) is 17.2 Å². The van der Waals surface area contributed by atoms with Crippen molar-refractivity contribution < 1.29 is 28.3 Å². The predicted molar refractivity (Wildman–Crippen MR) is 127 cm³/mol. The van der Waals surface area contributed by atoms with Crippen molar-refractivity contribution in [2.24, 2.45) is 0 Å². The van der Waals surface area contributed by atoms with E-state index >= 15 is 0 Å². The molecule has 1 aromatic carbocycles. The van der Waals surface area contributed by atoms with Crippen LogP contribution >= 0.6 is 0 Å². The first-order valence-electron chi connectivity index (χ1n) is 11.9. The Morgan fingerprint density at radius 1 is 1.22 bits per heavy atom. The molecule has 12 heteroatoms. The zero-order chi connectivity index (χ0) is 26.3. The number of halogens is 1. The van der Waals surface area contributed by atoms with Crippen LogP contribution in [0.15, 0.2) is 30.5 Å². The van der Waals surface area contributed by atoms with Crippen molar-refractivity contribution in [1.29, 1.82) is 0 Å². The fourth-order valence-electron chi connectivity index (χ4n) is 4.51. The van der Waals surface area contributed by atoms with Gasteiger partial charge in [-0.15, -0.1) is 0 Å². The Kier molecular flexibility index (Phi) is 6.32. The highest BCUT2D eigenvalue weighted by Crippen LogP contribution is 2.24. The molecular weight excluding hydrogens is 483 g/mol. The van der Waals surface area contributed by atoms with E-state index in [0.717, 1.165) is 21.8 Å². The number of hydrogen-bond donors (Lipinski definition) is 2. The third-order valence-corrected chi connectivity index (χ3v) is 6.42. The van der Waals surface area contributed by atoms with Crippen molar-refractivity contribution in [3.8, 4) is 5.75 Å². The molecule has 2 N–H and O–H groups in total. The van der Waals surface area contributed by atoms with Gasteiger partial charge >= 0.3 is 0 Å². The summed E-state index contributed by atoms with van der Waals surface area (Å²) in [6, 6.07) is 5.76. The second-order valence-corrected chi connectivity index (χ2v) is 9.32. The molecule has 1 saturated heterocycles. The highest BCUT2D eigenvalue weighted by molar-refractivity contribution is 6.00. The molecule has 0 aliphatic carbocycles. The molecule has 4 heterocycles. The van der Waals surface area contributed by atoms with Crippen LogP contribution in [0.2, 0.25) is 0 Å². The molecule has 3 aromatic rings. The van der Waals surface area contributed by atoms with Gasteiger partial charge in [-0.05, 0) is 38.0 Å². The van der Waals surface area contributed by atoms with E-state index in [0.29, 0.717) is 18.7 Å². The SMILES string of the molecule is CC(C)N1CC[C@H](NC(=O)c2cc(C(=O)NCc3ccc4c(c3)CC(=O)CO4)nc3c(F)cnn23)C1=O. The summed E-state index contributed by atoms with van der Waals surface area (Å²) < 4.78 is 20.8. The normalized spacial score (nSPS) is 17.2. The molecule has 2 aliphatic rings. The van der Waals surface area contributed by atoms with E-state index in [1.54, 1.807) is 23.1 Å². The number of aromatic nitrogens is 3. The third-order valence-electron chi connectivity index (χ3n) is 6.42. The van der Waals surface area contributed by atoms with Gasteiger partial charge in [-0.1, -0.05) is 6.07 Å². The van der Waals surface area contributed by atoms with Gasteiger partial charge in [-0.2, -0.15) is 5.10 Å². The van der Waals surface area contributed by atoms with Crippen LogP contribution in [0.25, 0.3) is 5.65 Å². The third kappa shape index (κ3) is 4.74. The lowest BCUT2D eigenvalue weighted by Crippen LogP contribution is -2.43. The first kappa shape index (κ1) is 24.3. The minimum Gasteiger partial charge on any atom is -0.486 e. The molecule has 0 saturated carbocycles. The van der Waals surface area contributed by atoms with Crippen LogP contribution in [-0.2, 0) is 22.6 Å². The summed E-state index contributed by atoms with van der Waals surface area (Å²) >= 11 is 0. The average Bonchev–Trinajstić information content (AvgIpc) is 3.43. The van der Waals surface area contributed by atoms with Crippen molar-refractivity contribution in [2.45, 2.75) is 45.3 Å². The van der Waals surface area contributed by atoms with Gasteiger partial charge in [0.1, 0.15) is 29.8 Å². The summed E-state index contributed by atoms with van der Waals surface area (Å²) in [6.45, 7) is 4.45. The van der Waals surface area contributed by atoms with Crippen LogP contribution < -0.4 is 15.4 Å². The Balaban J connectivity index is 1.35. The highest BCUT2D eigenvalue weighted by Gasteiger charge is 2.35. The largest absolute Gasteiger partial charge is 0.486 e. The summed E-state index contributed by atoms with van der Waals surface area (Å²) in [4.78, 5) is 56.0. The maximum atomic E-state index is 14.4. The van der Waals surface area contributed by atoms with Gasteiger partial charge in [0.2, 0.25) is 5.91 Å². The molecule has 5 rings (SSSR count). The molecule has 0 bridgehead atoms. The van der Waals surface area contributed by atoms with E-state index in [1.165, 1.54) is 6.07 Å². The first-order chi connectivity index (χ1) is 17.7. The maximum Gasteiger partial charge on any atom is 0.270 e. The van der Waals surface area contributed by atoms with Crippen molar-refractivity contribution in [2.75, 3.05) is 13.2 Å². The number of likely N-dealkylation sites (tertiary alicyclic amines) is 1. The Bertz CT molecular complexity index is 1430. The number of rotatable bonds is 6. The van der Waals surface area contributed by atoms with Crippen LogP contribution in [-0.4, -0.2) is 68.2 Å². The van der Waals surface area contributed by atoms with Crippen LogP contribution in [0.5, 0.6) is 5.75 Å². The first-order valence-corrected chi connectivity index (χ1v) is 11.9. The number of nitrogens with one attached hydrogen (secondary N) is 2. The number of ketones is 1. The molecule has 192 valence electrons. The lowest BCUT2D eigenvalue weighted by molar-refractivity contribution is -0.130. The Morgan fingerprint density at radius 3 is 2.78 bits per heavy atom. The monoisotopic (exact) mass is 508 g/mol. The number of ether oxygens (including phenoxy) is 1. The lowest BCUT2D eigenvalue weighted by atomic mass is 10.0. The molecule has 2 aliphatic heterocycles. The Labute approximate surface area is 211 Å². The Morgan fingerprint density at radius 2 is 2.03 bits per heavy atom. The minimum absolute atomic E-state index is 0.000625. The highest BCUT2D eigenvalue weighted by atomic mass is 19.1. The molecule has 0 spiro atoms. The zero-order valence-electron chi connectivity index (χ0n) is 20.3. The maximum absolute atomic E-state index is 14.4. The second kappa shape index (κ2) is 9.60. The zero-order valence-corrected chi connectivity index (χ0v) is 20.3. The summed E-state index contributed by atoms with van der Waals surface area (Å²) in [5.74, 6) is -1.71. The summed E-state index contributed by atoms with van der Waals surface area (Å²) in [7, 11) is 0. The predicted octanol–water partition coefficient (Wildman–Crippen LogP) is 1.04. The van der Waals surface area contributed by atoms with E-state index in [-0.39, 0.29) is 54.3 Å². The van der Waals surface area contributed by atoms with Gasteiger partial charge in [-0.3, -0.25) is 19.2 Å². The average molecular weight is 509 g/mol. The second-order valence-electron chi connectivity index (χ2n) is 9.32. The van der Waals surface area contributed by atoms with Crippen LogP contribution in [0.4, 0.5) is 4.39 Å². The van der Waals surface area contributed by atoms with E-state index in [2.05, 4.69) is 20.7 Å². The number of Topliss-reactive ketones (excluding diaryl/α,β-unsaturated/α-hetero) is 1. The summed E-state index contributed by atoms with van der Waals surface area (Å²) in [5.41, 5.74) is 0.868. The minimum atomic E-state index is -0.800. The van der Waals surface area contributed by atoms with E-state index in [1.807, 2.05) is 13.8 Å². The molecule has 0 unspecified atom stereocenters.